The molecule has 0 atom stereocenters. The van der Waals surface area contributed by atoms with Crippen LogP contribution < -0.4 is 0 Å². The Morgan fingerprint density at radius 3 is 2.10 bits per heavy atom. The first-order valence-electron chi connectivity index (χ1n) is 7.55. The maximum absolute atomic E-state index is 4.28. The summed E-state index contributed by atoms with van der Waals surface area (Å²) in [6, 6.07) is 18.9. The summed E-state index contributed by atoms with van der Waals surface area (Å²) in [4.78, 5) is 2.38. The quantitative estimate of drug-likeness (QED) is 0.773. The summed E-state index contributed by atoms with van der Waals surface area (Å²) in [7, 11) is 0. The van der Waals surface area contributed by atoms with E-state index in [-0.39, 0.29) is 0 Å². The fourth-order valence-corrected chi connectivity index (χ4v) is 2.86. The minimum Gasteiger partial charge on any atom is -0.372 e. The van der Waals surface area contributed by atoms with E-state index in [1.165, 1.54) is 29.5 Å². The van der Waals surface area contributed by atoms with Gasteiger partial charge >= 0.3 is 0 Å². The van der Waals surface area contributed by atoms with Crippen molar-refractivity contribution in [1.29, 1.82) is 0 Å². The number of hydrogen-bond donors (Lipinski definition) is 0. The monoisotopic (exact) mass is 275 g/mol. The number of rotatable bonds is 4. The highest BCUT2D eigenvalue weighted by atomic mass is 15.1. The van der Waals surface area contributed by atoms with Gasteiger partial charge in [0.2, 0.25) is 0 Å². The Labute approximate surface area is 127 Å². The van der Waals surface area contributed by atoms with Crippen molar-refractivity contribution in [3.8, 4) is 0 Å². The molecule has 0 bridgehead atoms. The van der Waals surface area contributed by atoms with Crippen LogP contribution in [0.25, 0.3) is 11.3 Å². The van der Waals surface area contributed by atoms with E-state index in [2.05, 4.69) is 54.5 Å². The number of likely N-dealkylation sites (tertiary alicyclic amines) is 1. The Hall–Kier alpha value is -2.28. The van der Waals surface area contributed by atoms with Crippen LogP contribution in [0.3, 0.4) is 0 Å². The van der Waals surface area contributed by atoms with Crippen LogP contribution in [0.4, 0.5) is 0 Å². The van der Waals surface area contributed by atoms with Crippen molar-refractivity contribution in [3.63, 3.8) is 0 Å². The maximum Gasteiger partial charge on any atom is 0.0367 e. The van der Waals surface area contributed by atoms with Crippen molar-refractivity contribution in [2.75, 3.05) is 13.1 Å². The molecule has 1 heteroatoms. The first-order chi connectivity index (χ1) is 10.3. The van der Waals surface area contributed by atoms with Gasteiger partial charge in [-0.25, -0.2) is 0 Å². The molecule has 1 aliphatic heterocycles. The van der Waals surface area contributed by atoms with Crippen molar-refractivity contribution < 1.29 is 0 Å². The van der Waals surface area contributed by atoms with Gasteiger partial charge in [-0.3, -0.25) is 0 Å². The van der Waals surface area contributed by atoms with Crippen LogP contribution in [-0.2, 0) is 0 Å². The van der Waals surface area contributed by atoms with Crippen molar-refractivity contribution in [3.05, 3.63) is 84.4 Å². The fraction of sp³-hybridized carbons (Fsp3) is 0.200. The molecule has 0 saturated carbocycles. The van der Waals surface area contributed by atoms with Gasteiger partial charge in [-0.2, -0.15) is 0 Å². The van der Waals surface area contributed by atoms with E-state index in [4.69, 9.17) is 0 Å². The van der Waals surface area contributed by atoms with Gasteiger partial charge in [-0.1, -0.05) is 61.7 Å². The van der Waals surface area contributed by atoms with Gasteiger partial charge in [-0.15, -0.1) is 0 Å². The maximum atomic E-state index is 4.28. The van der Waals surface area contributed by atoms with Crippen LogP contribution in [-0.4, -0.2) is 18.0 Å². The third kappa shape index (κ3) is 2.92. The first-order valence-corrected chi connectivity index (χ1v) is 7.55. The fourth-order valence-electron chi connectivity index (χ4n) is 2.86. The Morgan fingerprint density at radius 1 is 0.762 bits per heavy atom. The molecule has 1 saturated heterocycles. The molecular formula is C20H21N. The lowest BCUT2D eigenvalue weighted by Crippen LogP contribution is -2.16. The molecule has 106 valence electrons. The van der Waals surface area contributed by atoms with Crippen molar-refractivity contribution in [2.24, 2.45) is 0 Å². The van der Waals surface area contributed by atoms with Gasteiger partial charge in [0, 0.05) is 18.8 Å². The molecule has 2 aromatic rings. The van der Waals surface area contributed by atoms with Crippen molar-refractivity contribution in [1.82, 2.24) is 4.90 Å². The van der Waals surface area contributed by atoms with Crippen LogP contribution >= 0.6 is 0 Å². The highest BCUT2D eigenvalue weighted by molar-refractivity contribution is 5.79. The van der Waals surface area contributed by atoms with Gasteiger partial charge in [0.05, 0.1) is 0 Å². The second-order valence-electron chi connectivity index (χ2n) is 5.57. The lowest BCUT2D eigenvalue weighted by Gasteiger charge is -2.21. The zero-order valence-corrected chi connectivity index (χ0v) is 12.4. The van der Waals surface area contributed by atoms with Crippen LogP contribution in [0, 0.1) is 0 Å². The first kappa shape index (κ1) is 13.7. The Kier molecular flexibility index (Phi) is 3.92. The summed E-state index contributed by atoms with van der Waals surface area (Å²) in [6.07, 6.45) is 2.55. The van der Waals surface area contributed by atoms with E-state index in [0.29, 0.717) is 0 Å². The number of nitrogens with zero attached hydrogens (tertiary/aromatic N) is 1. The van der Waals surface area contributed by atoms with Crippen LogP contribution in [0.1, 0.15) is 29.5 Å². The van der Waals surface area contributed by atoms with E-state index in [0.717, 1.165) is 24.4 Å². The molecular weight excluding hydrogens is 254 g/mol. The van der Waals surface area contributed by atoms with Crippen LogP contribution in [0.5, 0.6) is 0 Å². The summed E-state index contributed by atoms with van der Waals surface area (Å²) in [5, 5.41) is 0. The normalized spacial score (nSPS) is 14.2. The van der Waals surface area contributed by atoms with Gasteiger partial charge in [0.25, 0.3) is 0 Å². The van der Waals surface area contributed by atoms with Gasteiger partial charge < -0.3 is 4.90 Å². The van der Waals surface area contributed by atoms with E-state index in [1.807, 2.05) is 18.2 Å². The van der Waals surface area contributed by atoms with E-state index >= 15 is 0 Å². The van der Waals surface area contributed by atoms with Crippen molar-refractivity contribution >= 4 is 11.3 Å². The number of benzene rings is 2. The van der Waals surface area contributed by atoms with E-state index in [1.54, 1.807) is 0 Å². The number of hydrogen-bond acceptors (Lipinski definition) is 1. The molecule has 0 amide bonds. The molecule has 1 nitrogen and oxygen atoms in total. The molecule has 0 spiro atoms. The van der Waals surface area contributed by atoms with E-state index in [9.17, 15) is 0 Å². The predicted octanol–water partition coefficient (Wildman–Crippen LogP) is 4.81. The molecule has 1 aliphatic rings. The smallest absolute Gasteiger partial charge is 0.0367 e. The molecule has 1 heterocycles. The highest BCUT2D eigenvalue weighted by Crippen LogP contribution is 2.27. The molecule has 1 fully saturated rings. The molecule has 0 aliphatic carbocycles. The topological polar surface area (TPSA) is 3.24 Å². The predicted molar refractivity (Wildman–Crippen MR) is 90.9 cm³/mol. The third-order valence-corrected chi connectivity index (χ3v) is 4.15. The standard InChI is InChI=1S/C20H21N/c1-16(18-9-4-3-5-10-18)19-11-8-12-20(15-19)17(2)21-13-6-7-14-21/h3-5,8-12,15H,1-2,6-7,13-14H2. The van der Waals surface area contributed by atoms with Crippen molar-refractivity contribution in [2.45, 2.75) is 12.8 Å². The van der Waals surface area contributed by atoms with Gasteiger partial charge in [0.15, 0.2) is 0 Å². The third-order valence-electron chi connectivity index (χ3n) is 4.15. The molecule has 3 rings (SSSR count). The molecule has 21 heavy (non-hydrogen) atoms. The molecule has 2 aromatic carbocycles. The lowest BCUT2D eigenvalue weighted by molar-refractivity contribution is 0.494. The summed E-state index contributed by atoms with van der Waals surface area (Å²) in [5.41, 5.74) is 5.73. The summed E-state index contributed by atoms with van der Waals surface area (Å²) in [5.74, 6) is 0. The zero-order chi connectivity index (χ0) is 14.7. The highest BCUT2D eigenvalue weighted by Gasteiger charge is 2.15. The summed E-state index contributed by atoms with van der Waals surface area (Å²) < 4.78 is 0. The minimum atomic E-state index is 1.06. The largest absolute Gasteiger partial charge is 0.372 e. The Bertz CT molecular complexity index is 649. The molecule has 0 aromatic heterocycles. The van der Waals surface area contributed by atoms with Crippen LogP contribution in [0.15, 0.2) is 67.8 Å². The zero-order valence-electron chi connectivity index (χ0n) is 12.4. The second-order valence-corrected chi connectivity index (χ2v) is 5.57. The van der Waals surface area contributed by atoms with Crippen LogP contribution in [0.2, 0.25) is 0 Å². The minimum absolute atomic E-state index is 1.06. The summed E-state index contributed by atoms with van der Waals surface area (Å²) >= 11 is 0. The molecule has 0 unspecified atom stereocenters. The Balaban J connectivity index is 1.86. The second kappa shape index (κ2) is 6.01. The lowest BCUT2D eigenvalue weighted by atomic mass is 9.97. The molecule has 0 radical (unpaired) electrons. The SMILES string of the molecule is C=C(c1ccccc1)c1cccc(C(=C)N2CCCC2)c1. The average Bonchev–Trinajstić information content (AvgIpc) is 3.09. The van der Waals surface area contributed by atoms with E-state index < -0.39 is 0 Å². The van der Waals surface area contributed by atoms with Gasteiger partial charge in [0.1, 0.15) is 0 Å². The summed E-state index contributed by atoms with van der Waals surface area (Å²) in [6.45, 7) is 10.8. The Morgan fingerprint density at radius 2 is 1.38 bits per heavy atom. The van der Waals surface area contributed by atoms with Gasteiger partial charge in [-0.05, 0) is 41.2 Å². The molecule has 0 N–H and O–H groups in total. The average molecular weight is 275 g/mol.